The highest BCUT2D eigenvalue weighted by Crippen LogP contribution is 2.31. The van der Waals surface area contributed by atoms with E-state index in [0.29, 0.717) is 24.4 Å². The third-order valence-electron chi connectivity index (χ3n) is 5.66. The van der Waals surface area contributed by atoms with Gasteiger partial charge >= 0.3 is 6.09 Å². The van der Waals surface area contributed by atoms with Crippen LogP contribution in [0.3, 0.4) is 0 Å². The molecule has 2 aliphatic rings. The molecule has 2 aromatic rings. The number of carbonyl (C=O) groups excluding carboxylic acids is 2. The predicted molar refractivity (Wildman–Crippen MR) is 127 cm³/mol. The van der Waals surface area contributed by atoms with Crippen molar-refractivity contribution >= 4 is 40.6 Å². The lowest BCUT2D eigenvalue weighted by atomic mass is 9.92. The Hall–Kier alpha value is -2.79. The second-order valence-corrected chi connectivity index (χ2v) is 10.3. The molecule has 0 spiro atoms. The first-order valence-electron chi connectivity index (χ1n) is 11.0. The molecule has 0 saturated carbocycles. The summed E-state index contributed by atoms with van der Waals surface area (Å²) in [6, 6.07) is 1.54. The molecule has 1 saturated heterocycles. The van der Waals surface area contributed by atoms with Crippen LogP contribution in [0.25, 0.3) is 11.0 Å². The van der Waals surface area contributed by atoms with Gasteiger partial charge in [-0.1, -0.05) is 0 Å². The summed E-state index contributed by atoms with van der Waals surface area (Å²) in [5.74, 6) is 1.29. The monoisotopic (exact) mass is 474 g/mol. The van der Waals surface area contributed by atoms with Gasteiger partial charge in [-0.25, -0.2) is 14.8 Å². The SMILES string of the molecule is CC(C)(C)OC(=O)N[C@H]1CN(C(=O)C2=CN(c3ncnc4[nH]ccc34)CCS2)CC[C@@H]1CO. The minimum atomic E-state index is -0.623. The highest BCUT2D eigenvalue weighted by molar-refractivity contribution is 8.04. The maximum absolute atomic E-state index is 13.4. The van der Waals surface area contributed by atoms with Crippen LogP contribution in [0, 0.1) is 5.92 Å². The smallest absolute Gasteiger partial charge is 0.407 e. The van der Waals surface area contributed by atoms with Gasteiger partial charge in [-0.15, -0.1) is 11.8 Å². The van der Waals surface area contributed by atoms with Crippen LogP contribution in [0.1, 0.15) is 27.2 Å². The minimum Gasteiger partial charge on any atom is -0.444 e. The van der Waals surface area contributed by atoms with Crippen molar-refractivity contribution in [2.24, 2.45) is 5.92 Å². The van der Waals surface area contributed by atoms with E-state index in [9.17, 15) is 14.7 Å². The van der Waals surface area contributed by atoms with E-state index in [4.69, 9.17) is 4.74 Å². The number of nitrogens with one attached hydrogen (secondary N) is 2. The van der Waals surface area contributed by atoms with Gasteiger partial charge in [0.2, 0.25) is 0 Å². The van der Waals surface area contributed by atoms with Crippen LogP contribution in [0.15, 0.2) is 29.7 Å². The van der Waals surface area contributed by atoms with Gasteiger partial charge in [-0.05, 0) is 33.3 Å². The Labute approximate surface area is 196 Å². The number of nitrogens with zero attached hydrogens (tertiary/aromatic N) is 4. The molecule has 0 aliphatic carbocycles. The van der Waals surface area contributed by atoms with Gasteiger partial charge in [0, 0.05) is 50.3 Å². The Balaban J connectivity index is 1.48. The number of H-pyrrole nitrogens is 1. The van der Waals surface area contributed by atoms with E-state index in [2.05, 4.69) is 20.3 Å². The molecule has 0 bridgehead atoms. The van der Waals surface area contributed by atoms with E-state index in [0.717, 1.165) is 29.1 Å². The Morgan fingerprint density at radius 3 is 2.91 bits per heavy atom. The molecule has 178 valence electrons. The Bertz CT molecular complexity index is 1050. The molecule has 2 amide bonds. The van der Waals surface area contributed by atoms with Crippen molar-refractivity contribution in [3.63, 3.8) is 0 Å². The second-order valence-electron chi connectivity index (χ2n) is 9.21. The molecular formula is C22H30N6O4S. The fraction of sp³-hybridized carbons (Fsp3) is 0.545. The molecular weight excluding hydrogens is 444 g/mol. The van der Waals surface area contributed by atoms with E-state index in [-0.39, 0.29) is 24.5 Å². The molecule has 10 nitrogen and oxygen atoms in total. The summed E-state index contributed by atoms with van der Waals surface area (Å²) in [4.78, 5) is 41.8. The second kappa shape index (κ2) is 9.60. The van der Waals surface area contributed by atoms with Crippen LogP contribution in [-0.2, 0) is 9.53 Å². The standard InChI is InChI=1S/C22H30N6O4S/c1-22(2,3)32-21(31)26-16-10-28(7-5-14(16)12-29)20(30)17-11-27(8-9-33-17)19-15-4-6-23-18(15)24-13-25-19/h4,6,11,13-14,16,29H,5,7-10,12H2,1-3H3,(H,26,31)(H,23,24,25)/t14-,16+/m1/s1. The highest BCUT2D eigenvalue weighted by atomic mass is 32.2. The maximum atomic E-state index is 13.4. The number of carbonyl (C=O) groups is 2. The van der Waals surface area contributed by atoms with Crippen LogP contribution in [-0.4, -0.2) is 80.6 Å². The number of aromatic amines is 1. The predicted octanol–water partition coefficient (Wildman–Crippen LogP) is 2.09. The summed E-state index contributed by atoms with van der Waals surface area (Å²) < 4.78 is 5.36. The summed E-state index contributed by atoms with van der Waals surface area (Å²) in [6.07, 6.45) is 5.23. The number of thioether (sulfide) groups is 1. The zero-order chi connectivity index (χ0) is 23.6. The zero-order valence-electron chi connectivity index (χ0n) is 19.1. The number of anilines is 1. The lowest BCUT2D eigenvalue weighted by Gasteiger charge is -2.39. The van der Waals surface area contributed by atoms with Gasteiger partial charge in [0.15, 0.2) is 0 Å². The Morgan fingerprint density at radius 2 is 2.15 bits per heavy atom. The van der Waals surface area contributed by atoms with Crippen molar-refractivity contribution in [1.29, 1.82) is 0 Å². The quantitative estimate of drug-likeness (QED) is 0.615. The number of alkyl carbamates (subject to hydrolysis) is 1. The molecule has 2 aliphatic heterocycles. The molecule has 4 rings (SSSR count). The van der Waals surface area contributed by atoms with Gasteiger partial charge in [-0.3, -0.25) is 4.79 Å². The summed E-state index contributed by atoms with van der Waals surface area (Å²) in [6.45, 7) is 6.89. The van der Waals surface area contributed by atoms with Crippen molar-refractivity contribution in [1.82, 2.24) is 25.2 Å². The highest BCUT2D eigenvalue weighted by Gasteiger charge is 2.35. The summed E-state index contributed by atoms with van der Waals surface area (Å²) in [5, 5.41) is 13.5. The van der Waals surface area contributed by atoms with Gasteiger partial charge in [-0.2, -0.15) is 0 Å². The largest absolute Gasteiger partial charge is 0.444 e. The molecule has 4 heterocycles. The average molecular weight is 475 g/mol. The molecule has 3 N–H and O–H groups in total. The Morgan fingerprint density at radius 1 is 1.33 bits per heavy atom. The number of likely N-dealkylation sites (tertiary alicyclic amines) is 1. The van der Waals surface area contributed by atoms with E-state index < -0.39 is 11.7 Å². The average Bonchev–Trinajstić information content (AvgIpc) is 3.26. The third kappa shape index (κ3) is 5.41. The fourth-order valence-corrected chi connectivity index (χ4v) is 5.01. The normalized spacial score (nSPS) is 21.6. The minimum absolute atomic E-state index is 0.0614. The van der Waals surface area contributed by atoms with Gasteiger partial charge in [0.1, 0.15) is 23.4 Å². The number of aliphatic hydroxyl groups excluding tert-OH is 1. The number of ether oxygens (including phenoxy) is 1. The number of rotatable bonds is 4. The lowest BCUT2D eigenvalue weighted by Crippen LogP contribution is -2.55. The molecule has 0 unspecified atom stereocenters. The van der Waals surface area contributed by atoms with Crippen LogP contribution >= 0.6 is 11.8 Å². The molecule has 1 fully saturated rings. The number of aromatic nitrogens is 3. The summed E-state index contributed by atoms with van der Waals surface area (Å²) in [5.41, 5.74) is 0.128. The van der Waals surface area contributed by atoms with Crippen molar-refractivity contribution in [3.8, 4) is 0 Å². The van der Waals surface area contributed by atoms with E-state index in [1.807, 2.05) is 23.4 Å². The maximum Gasteiger partial charge on any atom is 0.407 e. The van der Waals surface area contributed by atoms with Gasteiger partial charge < -0.3 is 29.9 Å². The number of piperidine rings is 1. The molecule has 33 heavy (non-hydrogen) atoms. The summed E-state index contributed by atoms with van der Waals surface area (Å²) >= 11 is 1.52. The molecule has 0 radical (unpaired) electrons. The molecule has 2 atom stereocenters. The molecule has 2 aromatic heterocycles. The van der Waals surface area contributed by atoms with Crippen molar-refractivity contribution in [2.45, 2.75) is 38.8 Å². The lowest BCUT2D eigenvalue weighted by molar-refractivity contribution is -0.128. The third-order valence-corrected chi connectivity index (χ3v) is 6.64. The molecule has 0 aromatic carbocycles. The topological polar surface area (TPSA) is 124 Å². The first-order chi connectivity index (χ1) is 15.7. The van der Waals surface area contributed by atoms with Crippen LogP contribution in [0.2, 0.25) is 0 Å². The van der Waals surface area contributed by atoms with Crippen LogP contribution < -0.4 is 10.2 Å². The van der Waals surface area contributed by atoms with E-state index in [1.165, 1.54) is 18.1 Å². The van der Waals surface area contributed by atoms with Gasteiger partial charge in [0.25, 0.3) is 5.91 Å². The van der Waals surface area contributed by atoms with Gasteiger partial charge in [0.05, 0.1) is 16.3 Å². The van der Waals surface area contributed by atoms with Crippen LogP contribution in [0.5, 0.6) is 0 Å². The zero-order valence-corrected chi connectivity index (χ0v) is 19.9. The first-order valence-corrected chi connectivity index (χ1v) is 12.0. The van der Waals surface area contributed by atoms with Crippen molar-refractivity contribution < 1.29 is 19.4 Å². The number of amides is 2. The van der Waals surface area contributed by atoms with Crippen molar-refractivity contribution in [3.05, 3.63) is 29.7 Å². The van der Waals surface area contributed by atoms with Crippen LogP contribution in [0.4, 0.5) is 10.6 Å². The Kier molecular flexibility index (Phi) is 6.80. The fourth-order valence-electron chi connectivity index (χ4n) is 4.05. The molecule has 11 heteroatoms. The number of hydrogen-bond acceptors (Lipinski definition) is 8. The summed E-state index contributed by atoms with van der Waals surface area (Å²) in [7, 11) is 0. The van der Waals surface area contributed by atoms with E-state index >= 15 is 0 Å². The number of fused-ring (bicyclic) bond motifs is 1. The number of hydrogen-bond donors (Lipinski definition) is 3. The first kappa shape index (κ1) is 23.4. The van der Waals surface area contributed by atoms with Crippen molar-refractivity contribution in [2.75, 3.05) is 36.9 Å². The number of aliphatic hydroxyl groups is 1. The van der Waals surface area contributed by atoms with E-state index in [1.54, 1.807) is 25.7 Å².